The lowest BCUT2D eigenvalue weighted by Crippen LogP contribution is -2.19. The third-order valence-corrected chi connectivity index (χ3v) is 2.52. The van der Waals surface area contributed by atoms with E-state index < -0.39 is 5.97 Å². The van der Waals surface area contributed by atoms with Gasteiger partial charge in [0.2, 0.25) is 0 Å². The van der Waals surface area contributed by atoms with E-state index in [-0.39, 0.29) is 23.1 Å². The summed E-state index contributed by atoms with van der Waals surface area (Å²) >= 11 is 0. The van der Waals surface area contributed by atoms with Gasteiger partial charge in [0.15, 0.2) is 0 Å². The maximum atomic E-state index is 11.6. The van der Waals surface area contributed by atoms with Crippen LogP contribution in [0.5, 0.6) is 5.75 Å². The molecule has 2 N–H and O–H groups in total. The molecule has 1 amide bonds. The SMILES string of the molecule is CNC(=O)c1cc(C(=O)O)ccc1OC1CC1. The van der Waals surface area contributed by atoms with Gasteiger partial charge in [-0.3, -0.25) is 4.79 Å². The summed E-state index contributed by atoms with van der Waals surface area (Å²) in [5.41, 5.74) is 0.339. The molecule has 0 aromatic heterocycles. The fraction of sp³-hybridized carbons (Fsp3) is 0.333. The van der Waals surface area contributed by atoms with E-state index in [9.17, 15) is 9.59 Å². The van der Waals surface area contributed by atoms with E-state index in [1.54, 1.807) is 0 Å². The third kappa shape index (κ3) is 2.55. The largest absolute Gasteiger partial charge is 0.490 e. The number of hydrogen-bond acceptors (Lipinski definition) is 3. The highest BCUT2D eigenvalue weighted by molar-refractivity contribution is 5.99. The Morgan fingerprint density at radius 1 is 1.41 bits per heavy atom. The van der Waals surface area contributed by atoms with Crippen molar-refractivity contribution in [1.29, 1.82) is 0 Å². The van der Waals surface area contributed by atoms with Crippen molar-refractivity contribution < 1.29 is 19.4 Å². The van der Waals surface area contributed by atoms with E-state index in [0.717, 1.165) is 12.8 Å². The van der Waals surface area contributed by atoms with Gasteiger partial charge in [-0.2, -0.15) is 0 Å². The summed E-state index contributed by atoms with van der Waals surface area (Å²) < 4.78 is 5.56. The highest BCUT2D eigenvalue weighted by Gasteiger charge is 2.26. The summed E-state index contributed by atoms with van der Waals surface area (Å²) in [5.74, 6) is -0.964. The first-order chi connectivity index (χ1) is 8.11. The van der Waals surface area contributed by atoms with Crippen LogP contribution < -0.4 is 10.1 Å². The van der Waals surface area contributed by atoms with Gasteiger partial charge in [-0.25, -0.2) is 4.79 Å². The number of nitrogens with one attached hydrogen (secondary N) is 1. The number of carbonyl (C=O) groups excluding carboxylic acids is 1. The zero-order chi connectivity index (χ0) is 12.4. The molecule has 5 heteroatoms. The van der Waals surface area contributed by atoms with Crippen LogP contribution in [0.1, 0.15) is 33.6 Å². The Morgan fingerprint density at radius 2 is 2.12 bits per heavy atom. The van der Waals surface area contributed by atoms with Gasteiger partial charge in [-0.15, -0.1) is 0 Å². The molecular weight excluding hydrogens is 222 g/mol. The van der Waals surface area contributed by atoms with Gasteiger partial charge in [0.05, 0.1) is 17.2 Å². The van der Waals surface area contributed by atoms with Gasteiger partial charge in [0, 0.05) is 7.05 Å². The van der Waals surface area contributed by atoms with Crippen LogP contribution in [0.4, 0.5) is 0 Å². The van der Waals surface area contributed by atoms with Crippen LogP contribution in [0.15, 0.2) is 18.2 Å². The second-order valence-electron chi connectivity index (χ2n) is 3.91. The van der Waals surface area contributed by atoms with Crippen molar-refractivity contribution in [3.63, 3.8) is 0 Å². The van der Waals surface area contributed by atoms with Gasteiger partial charge < -0.3 is 15.2 Å². The second kappa shape index (κ2) is 4.45. The predicted octanol–water partition coefficient (Wildman–Crippen LogP) is 1.29. The Morgan fingerprint density at radius 3 is 2.65 bits per heavy atom. The van der Waals surface area contributed by atoms with Gasteiger partial charge >= 0.3 is 5.97 Å². The molecule has 90 valence electrons. The van der Waals surface area contributed by atoms with E-state index in [1.807, 2.05) is 0 Å². The summed E-state index contributed by atoms with van der Waals surface area (Å²) in [7, 11) is 1.50. The molecular formula is C12H13NO4. The van der Waals surface area contributed by atoms with Crippen molar-refractivity contribution in [1.82, 2.24) is 5.32 Å². The topological polar surface area (TPSA) is 75.6 Å². The van der Waals surface area contributed by atoms with Gasteiger partial charge in [-0.1, -0.05) is 0 Å². The molecule has 1 aliphatic carbocycles. The van der Waals surface area contributed by atoms with E-state index in [1.165, 1.54) is 25.2 Å². The number of carboxylic acids is 1. The van der Waals surface area contributed by atoms with Crippen molar-refractivity contribution in [3.8, 4) is 5.75 Å². The number of rotatable bonds is 4. The molecule has 1 aromatic carbocycles. The number of aromatic carboxylic acids is 1. The van der Waals surface area contributed by atoms with Crippen molar-refractivity contribution in [3.05, 3.63) is 29.3 Å². The lowest BCUT2D eigenvalue weighted by atomic mass is 10.1. The summed E-state index contributed by atoms with van der Waals surface area (Å²) in [4.78, 5) is 22.5. The zero-order valence-corrected chi connectivity index (χ0v) is 9.40. The molecule has 0 heterocycles. The zero-order valence-electron chi connectivity index (χ0n) is 9.40. The van der Waals surface area contributed by atoms with Crippen LogP contribution in [-0.2, 0) is 0 Å². The Balaban J connectivity index is 2.35. The smallest absolute Gasteiger partial charge is 0.335 e. The van der Waals surface area contributed by atoms with Gasteiger partial charge in [0.25, 0.3) is 5.91 Å². The first-order valence-corrected chi connectivity index (χ1v) is 5.38. The number of carboxylic acid groups (broad SMARTS) is 1. The van der Waals surface area contributed by atoms with E-state index in [0.29, 0.717) is 5.75 Å². The number of amides is 1. The summed E-state index contributed by atoms with van der Waals surface area (Å²) in [6.45, 7) is 0. The molecule has 0 spiro atoms. The minimum atomic E-state index is -1.06. The van der Waals surface area contributed by atoms with Crippen molar-refractivity contribution in [2.24, 2.45) is 0 Å². The Kier molecular flexibility index (Phi) is 2.99. The van der Waals surface area contributed by atoms with Crippen LogP contribution in [0, 0.1) is 0 Å². The molecule has 0 saturated heterocycles. The molecule has 5 nitrogen and oxygen atoms in total. The van der Waals surface area contributed by atoms with Crippen molar-refractivity contribution in [2.75, 3.05) is 7.05 Å². The molecule has 1 aromatic rings. The fourth-order valence-electron chi connectivity index (χ4n) is 1.44. The maximum Gasteiger partial charge on any atom is 0.335 e. The monoisotopic (exact) mass is 235 g/mol. The maximum absolute atomic E-state index is 11.6. The van der Waals surface area contributed by atoms with E-state index in [2.05, 4.69) is 5.32 Å². The molecule has 0 bridgehead atoms. The standard InChI is InChI=1S/C12H13NO4/c1-13-11(14)9-6-7(12(15)16)2-5-10(9)17-8-3-4-8/h2,5-6,8H,3-4H2,1H3,(H,13,14)(H,15,16). The molecule has 0 unspecified atom stereocenters. The molecule has 1 fully saturated rings. The minimum absolute atomic E-state index is 0.0757. The molecule has 1 aliphatic rings. The summed E-state index contributed by atoms with van der Waals surface area (Å²) in [5, 5.41) is 11.3. The number of carbonyl (C=O) groups is 2. The molecule has 17 heavy (non-hydrogen) atoms. The number of benzene rings is 1. The highest BCUT2D eigenvalue weighted by atomic mass is 16.5. The van der Waals surface area contributed by atoms with Gasteiger partial charge in [0.1, 0.15) is 5.75 Å². The second-order valence-corrected chi connectivity index (χ2v) is 3.91. The average Bonchev–Trinajstić information content (AvgIpc) is 3.12. The Bertz CT molecular complexity index is 466. The van der Waals surface area contributed by atoms with E-state index >= 15 is 0 Å². The van der Waals surface area contributed by atoms with Crippen molar-refractivity contribution >= 4 is 11.9 Å². The van der Waals surface area contributed by atoms with Crippen molar-refractivity contribution in [2.45, 2.75) is 18.9 Å². The van der Waals surface area contributed by atoms with Crippen LogP contribution >= 0.6 is 0 Å². The lowest BCUT2D eigenvalue weighted by molar-refractivity contribution is 0.0697. The Labute approximate surface area is 98.4 Å². The average molecular weight is 235 g/mol. The third-order valence-electron chi connectivity index (χ3n) is 2.52. The summed E-state index contributed by atoms with van der Waals surface area (Å²) in [6.07, 6.45) is 2.12. The normalized spacial score (nSPS) is 14.2. The first-order valence-electron chi connectivity index (χ1n) is 5.38. The first kappa shape index (κ1) is 11.4. The molecule has 0 atom stereocenters. The van der Waals surface area contributed by atoms with Crippen LogP contribution in [0.25, 0.3) is 0 Å². The molecule has 1 saturated carbocycles. The minimum Gasteiger partial charge on any atom is -0.490 e. The molecule has 0 radical (unpaired) electrons. The number of ether oxygens (including phenoxy) is 1. The lowest BCUT2D eigenvalue weighted by Gasteiger charge is -2.10. The highest BCUT2D eigenvalue weighted by Crippen LogP contribution is 2.29. The predicted molar refractivity (Wildman–Crippen MR) is 60.4 cm³/mol. The Hall–Kier alpha value is -2.04. The summed E-state index contributed by atoms with van der Waals surface area (Å²) in [6, 6.07) is 4.30. The molecule has 2 rings (SSSR count). The van der Waals surface area contributed by atoms with Crippen LogP contribution in [-0.4, -0.2) is 30.1 Å². The van der Waals surface area contributed by atoms with Gasteiger partial charge in [-0.05, 0) is 31.0 Å². The fourth-order valence-corrected chi connectivity index (χ4v) is 1.44. The van der Waals surface area contributed by atoms with Crippen LogP contribution in [0.2, 0.25) is 0 Å². The van der Waals surface area contributed by atoms with Crippen LogP contribution in [0.3, 0.4) is 0 Å². The number of hydrogen-bond donors (Lipinski definition) is 2. The van der Waals surface area contributed by atoms with E-state index in [4.69, 9.17) is 9.84 Å². The molecule has 0 aliphatic heterocycles. The quantitative estimate of drug-likeness (QED) is 0.824.